The topological polar surface area (TPSA) is 12.0 Å². The van der Waals surface area contributed by atoms with Crippen LogP contribution in [-0.2, 0) is 6.54 Å². The molecule has 0 fully saturated rings. The van der Waals surface area contributed by atoms with Gasteiger partial charge in [-0.1, -0.05) is 31.5 Å². The number of hydrogen-bond donors (Lipinski definition) is 1. The van der Waals surface area contributed by atoms with Gasteiger partial charge in [-0.05, 0) is 30.0 Å². The van der Waals surface area contributed by atoms with Crippen LogP contribution in [-0.4, -0.2) is 11.9 Å². The van der Waals surface area contributed by atoms with Gasteiger partial charge < -0.3 is 5.32 Å². The summed E-state index contributed by atoms with van der Waals surface area (Å²) >= 11 is 12.1. The van der Waals surface area contributed by atoms with Crippen molar-refractivity contribution in [1.29, 1.82) is 0 Å². The zero-order valence-corrected chi connectivity index (χ0v) is 11.7. The van der Waals surface area contributed by atoms with Crippen LogP contribution < -0.4 is 5.32 Å². The SMILES string of the molecule is CC(C)CC(Cl)CNCc1ccc(F)cc1Cl. The number of halogens is 3. The van der Waals surface area contributed by atoms with E-state index in [1.54, 1.807) is 6.07 Å². The Bertz CT molecular complexity index is 355. The zero-order valence-electron chi connectivity index (χ0n) is 10.1. The molecule has 1 unspecified atom stereocenters. The van der Waals surface area contributed by atoms with Crippen LogP contribution in [0.15, 0.2) is 18.2 Å². The first-order valence-corrected chi connectivity index (χ1v) is 6.59. The summed E-state index contributed by atoms with van der Waals surface area (Å²) in [6.45, 7) is 5.63. The number of nitrogens with one attached hydrogen (secondary N) is 1. The van der Waals surface area contributed by atoms with E-state index in [4.69, 9.17) is 23.2 Å². The molecule has 0 saturated carbocycles. The molecule has 1 N–H and O–H groups in total. The lowest BCUT2D eigenvalue weighted by atomic mass is 10.1. The molecule has 4 heteroatoms. The molecule has 0 spiro atoms. The molecule has 1 rings (SSSR count). The fourth-order valence-electron chi connectivity index (χ4n) is 1.62. The van der Waals surface area contributed by atoms with Crippen LogP contribution in [0.1, 0.15) is 25.8 Å². The van der Waals surface area contributed by atoms with Gasteiger partial charge in [-0.3, -0.25) is 0 Å². The summed E-state index contributed by atoms with van der Waals surface area (Å²) in [5, 5.41) is 3.80. The molecular formula is C13H18Cl2FN. The third kappa shape index (κ3) is 5.71. The first-order valence-electron chi connectivity index (χ1n) is 5.77. The van der Waals surface area contributed by atoms with E-state index in [1.807, 2.05) is 0 Å². The minimum atomic E-state index is -0.311. The molecule has 1 nitrogen and oxygen atoms in total. The Morgan fingerprint density at radius 2 is 2.06 bits per heavy atom. The Morgan fingerprint density at radius 1 is 1.35 bits per heavy atom. The number of rotatable bonds is 6. The minimum absolute atomic E-state index is 0.120. The average molecular weight is 278 g/mol. The van der Waals surface area contributed by atoms with Gasteiger partial charge in [-0.15, -0.1) is 11.6 Å². The highest BCUT2D eigenvalue weighted by molar-refractivity contribution is 6.31. The molecule has 0 aliphatic heterocycles. The van der Waals surface area contributed by atoms with E-state index in [0.29, 0.717) is 17.5 Å². The molecule has 0 amide bonds. The monoisotopic (exact) mass is 277 g/mol. The number of hydrogen-bond acceptors (Lipinski definition) is 1. The van der Waals surface area contributed by atoms with Gasteiger partial charge in [-0.2, -0.15) is 0 Å². The van der Waals surface area contributed by atoms with Crippen LogP contribution in [0.4, 0.5) is 4.39 Å². The van der Waals surface area contributed by atoms with Crippen LogP contribution in [0, 0.1) is 11.7 Å². The maximum atomic E-state index is 12.8. The lowest BCUT2D eigenvalue weighted by Gasteiger charge is -2.13. The summed E-state index contributed by atoms with van der Waals surface area (Å²) in [7, 11) is 0. The third-order valence-corrected chi connectivity index (χ3v) is 3.11. The van der Waals surface area contributed by atoms with E-state index < -0.39 is 0 Å². The van der Waals surface area contributed by atoms with Gasteiger partial charge in [-0.25, -0.2) is 4.39 Å². The molecule has 0 aliphatic rings. The van der Waals surface area contributed by atoms with Gasteiger partial charge >= 0.3 is 0 Å². The van der Waals surface area contributed by atoms with Crippen LogP contribution in [0.2, 0.25) is 5.02 Å². The summed E-state index contributed by atoms with van der Waals surface area (Å²) in [5.74, 6) is 0.280. The van der Waals surface area contributed by atoms with Gasteiger partial charge in [0.15, 0.2) is 0 Å². The maximum Gasteiger partial charge on any atom is 0.124 e. The van der Waals surface area contributed by atoms with E-state index in [2.05, 4.69) is 19.2 Å². The van der Waals surface area contributed by atoms with Gasteiger partial charge in [0.05, 0.1) is 0 Å². The standard InChI is InChI=1S/C13H18Cl2FN/c1-9(2)5-11(14)8-17-7-10-3-4-12(16)6-13(10)15/h3-4,6,9,11,17H,5,7-8H2,1-2H3. The molecule has 0 bridgehead atoms. The predicted molar refractivity (Wildman–Crippen MR) is 72.2 cm³/mol. The van der Waals surface area contributed by atoms with Gasteiger partial charge in [0.2, 0.25) is 0 Å². The van der Waals surface area contributed by atoms with Crippen molar-refractivity contribution in [3.63, 3.8) is 0 Å². The predicted octanol–water partition coefficient (Wildman–Crippen LogP) is 4.22. The smallest absolute Gasteiger partial charge is 0.124 e. The highest BCUT2D eigenvalue weighted by Gasteiger charge is 2.07. The molecule has 1 aromatic rings. The highest BCUT2D eigenvalue weighted by Crippen LogP contribution is 2.17. The van der Waals surface area contributed by atoms with Crippen LogP contribution in [0.25, 0.3) is 0 Å². The quantitative estimate of drug-likeness (QED) is 0.768. The molecule has 0 aromatic heterocycles. The summed E-state index contributed by atoms with van der Waals surface area (Å²) < 4.78 is 12.8. The Morgan fingerprint density at radius 3 is 2.65 bits per heavy atom. The highest BCUT2D eigenvalue weighted by atomic mass is 35.5. The molecule has 96 valence electrons. The minimum Gasteiger partial charge on any atom is -0.311 e. The van der Waals surface area contributed by atoms with E-state index >= 15 is 0 Å². The largest absolute Gasteiger partial charge is 0.311 e. The molecule has 0 radical (unpaired) electrons. The summed E-state index contributed by atoms with van der Waals surface area (Å²) in [4.78, 5) is 0. The van der Waals surface area contributed by atoms with Crippen LogP contribution in [0.5, 0.6) is 0 Å². The van der Waals surface area contributed by atoms with Crippen molar-refractivity contribution in [1.82, 2.24) is 5.32 Å². The molecule has 0 saturated heterocycles. The van der Waals surface area contributed by atoms with E-state index in [-0.39, 0.29) is 11.2 Å². The third-order valence-electron chi connectivity index (χ3n) is 2.42. The molecule has 0 aliphatic carbocycles. The lowest BCUT2D eigenvalue weighted by Crippen LogP contribution is -2.24. The Kier molecular flexibility index (Phi) is 6.24. The lowest BCUT2D eigenvalue weighted by molar-refractivity contribution is 0.533. The Balaban J connectivity index is 2.35. The number of benzene rings is 1. The first-order chi connectivity index (χ1) is 7.99. The summed E-state index contributed by atoms with van der Waals surface area (Å²) in [6, 6.07) is 4.43. The summed E-state index contributed by atoms with van der Waals surface area (Å²) in [5.41, 5.74) is 0.890. The van der Waals surface area contributed by atoms with Crippen molar-refractivity contribution in [3.8, 4) is 0 Å². The second-order valence-electron chi connectivity index (χ2n) is 4.59. The normalized spacial score (nSPS) is 13.1. The molecule has 1 atom stereocenters. The van der Waals surface area contributed by atoms with Gasteiger partial charge in [0.1, 0.15) is 5.82 Å². The van der Waals surface area contributed by atoms with Crippen molar-refractivity contribution in [2.75, 3.05) is 6.54 Å². The van der Waals surface area contributed by atoms with Gasteiger partial charge in [0.25, 0.3) is 0 Å². The summed E-state index contributed by atoms with van der Waals surface area (Å²) in [6.07, 6.45) is 0.978. The Labute approximate surface area is 112 Å². The van der Waals surface area contributed by atoms with Crippen molar-refractivity contribution in [3.05, 3.63) is 34.6 Å². The van der Waals surface area contributed by atoms with Crippen molar-refractivity contribution < 1.29 is 4.39 Å². The molecule has 17 heavy (non-hydrogen) atoms. The van der Waals surface area contributed by atoms with Crippen molar-refractivity contribution >= 4 is 23.2 Å². The average Bonchev–Trinajstić information content (AvgIpc) is 2.20. The fourth-order valence-corrected chi connectivity index (χ4v) is 2.32. The van der Waals surface area contributed by atoms with E-state index in [0.717, 1.165) is 18.5 Å². The van der Waals surface area contributed by atoms with Crippen molar-refractivity contribution in [2.45, 2.75) is 32.2 Å². The second kappa shape index (κ2) is 7.20. The maximum absolute atomic E-state index is 12.8. The van der Waals surface area contributed by atoms with E-state index in [9.17, 15) is 4.39 Å². The van der Waals surface area contributed by atoms with E-state index in [1.165, 1.54) is 12.1 Å². The molecule has 0 heterocycles. The van der Waals surface area contributed by atoms with Gasteiger partial charge in [0, 0.05) is 23.5 Å². The fraction of sp³-hybridized carbons (Fsp3) is 0.538. The first kappa shape index (κ1) is 14.7. The molecule has 1 aromatic carbocycles. The second-order valence-corrected chi connectivity index (χ2v) is 5.62. The Hall–Kier alpha value is -0.310. The van der Waals surface area contributed by atoms with Crippen LogP contribution >= 0.6 is 23.2 Å². The zero-order chi connectivity index (χ0) is 12.8. The van der Waals surface area contributed by atoms with Crippen molar-refractivity contribution in [2.24, 2.45) is 5.92 Å². The number of alkyl halides is 1. The molecular weight excluding hydrogens is 260 g/mol. The van der Waals surface area contributed by atoms with Crippen LogP contribution in [0.3, 0.4) is 0 Å².